The Bertz CT molecular complexity index is 912. The molecule has 3 atom stereocenters. The van der Waals surface area contributed by atoms with Crippen LogP contribution in [0.1, 0.15) is 37.0 Å². The van der Waals surface area contributed by atoms with Crippen molar-refractivity contribution in [2.75, 3.05) is 0 Å². The Balaban J connectivity index is 1.69. The third-order valence-electron chi connectivity index (χ3n) is 5.69. The first kappa shape index (κ1) is 21.7. The lowest BCUT2D eigenvalue weighted by molar-refractivity contribution is -0.152. The molecule has 0 aliphatic carbocycles. The van der Waals surface area contributed by atoms with E-state index in [-0.39, 0.29) is 24.7 Å². The van der Waals surface area contributed by atoms with Crippen molar-refractivity contribution in [3.05, 3.63) is 71.3 Å². The molecule has 6 heteroatoms. The number of carboxylic acid groups (broad SMARTS) is 1. The number of carbonyl (C=O) groups excluding carboxylic acids is 2. The van der Waals surface area contributed by atoms with Crippen LogP contribution in [0.2, 0.25) is 0 Å². The fourth-order valence-electron chi connectivity index (χ4n) is 3.96. The first-order valence-corrected chi connectivity index (χ1v) is 10.3. The van der Waals surface area contributed by atoms with Crippen LogP contribution in [0.5, 0.6) is 0 Å². The summed E-state index contributed by atoms with van der Waals surface area (Å²) in [5.41, 5.74) is 3.05. The summed E-state index contributed by atoms with van der Waals surface area (Å²) in [6.07, 6.45) is 1.57. The van der Waals surface area contributed by atoms with E-state index in [9.17, 15) is 19.5 Å². The molecule has 1 aliphatic rings. The minimum absolute atomic E-state index is 0.0376. The van der Waals surface area contributed by atoms with Gasteiger partial charge in [-0.2, -0.15) is 0 Å². The molecule has 2 aromatic rings. The van der Waals surface area contributed by atoms with Crippen LogP contribution in [-0.2, 0) is 33.8 Å². The molecule has 30 heavy (non-hydrogen) atoms. The highest BCUT2D eigenvalue weighted by atomic mass is 16.4. The van der Waals surface area contributed by atoms with Crippen LogP contribution in [0.25, 0.3) is 0 Å². The van der Waals surface area contributed by atoms with Crippen LogP contribution in [0.4, 0.5) is 0 Å². The summed E-state index contributed by atoms with van der Waals surface area (Å²) in [5.74, 6) is -1.36. The molecule has 2 N–H and O–H groups in total. The Labute approximate surface area is 176 Å². The van der Waals surface area contributed by atoms with Crippen molar-refractivity contribution in [3.63, 3.8) is 0 Å². The van der Waals surface area contributed by atoms with E-state index in [2.05, 4.69) is 5.32 Å². The zero-order valence-corrected chi connectivity index (χ0v) is 17.4. The van der Waals surface area contributed by atoms with Crippen molar-refractivity contribution in [1.82, 2.24) is 10.2 Å². The SMILES string of the molecule is CC(=O)[C@H](CCc1ccccc1)N[C@@H](C)C(=O)N1Cc2ccccc2C[C@H]1C(=O)O. The van der Waals surface area contributed by atoms with Gasteiger partial charge < -0.3 is 10.0 Å². The van der Waals surface area contributed by atoms with Gasteiger partial charge in [0.05, 0.1) is 12.1 Å². The third kappa shape index (κ3) is 5.13. The highest BCUT2D eigenvalue weighted by Gasteiger charge is 2.36. The Morgan fingerprint density at radius 2 is 1.70 bits per heavy atom. The van der Waals surface area contributed by atoms with Gasteiger partial charge in [-0.3, -0.25) is 14.9 Å². The van der Waals surface area contributed by atoms with Crippen LogP contribution >= 0.6 is 0 Å². The zero-order valence-electron chi connectivity index (χ0n) is 17.4. The van der Waals surface area contributed by atoms with E-state index in [1.165, 1.54) is 11.8 Å². The summed E-state index contributed by atoms with van der Waals surface area (Å²) in [5, 5.41) is 12.8. The molecule has 0 radical (unpaired) electrons. The van der Waals surface area contributed by atoms with Gasteiger partial charge in [0, 0.05) is 13.0 Å². The van der Waals surface area contributed by atoms with Crippen LogP contribution < -0.4 is 5.32 Å². The zero-order chi connectivity index (χ0) is 21.7. The van der Waals surface area contributed by atoms with Gasteiger partial charge in [0.2, 0.25) is 5.91 Å². The first-order valence-electron chi connectivity index (χ1n) is 10.3. The van der Waals surface area contributed by atoms with Crippen molar-refractivity contribution in [2.24, 2.45) is 0 Å². The van der Waals surface area contributed by atoms with E-state index < -0.39 is 24.1 Å². The number of hydrogen-bond donors (Lipinski definition) is 2. The number of hydrogen-bond acceptors (Lipinski definition) is 4. The molecule has 158 valence electrons. The number of aryl methyl sites for hydroxylation is 1. The molecule has 0 saturated heterocycles. The summed E-state index contributed by atoms with van der Waals surface area (Å²) in [6, 6.07) is 15.4. The predicted octanol–water partition coefficient (Wildman–Crippen LogP) is 2.59. The van der Waals surface area contributed by atoms with E-state index in [1.807, 2.05) is 54.6 Å². The molecule has 1 heterocycles. The second-order valence-electron chi connectivity index (χ2n) is 7.87. The van der Waals surface area contributed by atoms with Crippen LogP contribution in [-0.4, -0.2) is 45.8 Å². The van der Waals surface area contributed by atoms with E-state index in [0.29, 0.717) is 12.8 Å². The highest BCUT2D eigenvalue weighted by Crippen LogP contribution is 2.24. The Hall–Kier alpha value is -2.99. The lowest BCUT2D eigenvalue weighted by atomic mass is 9.93. The van der Waals surface area contributed by atoms with E-state index in [4.69, 9.17) is 0 Å². The summed E-state index contributed by atoms with van der Waals surface area (Å²) < 4.78 is 0. The van der Waals surface area contributed by atoms with Crippen molar-refractivity contribution < 1.29 is 19.5 Å². The number of nitrogens with zero attached hydrogens (tertiary/aromatic N) is 1. The molecule has 1 aliphatic heterocycles. The number of benzene rings is 2. The number of amides is 1. The van der Waals surface area contributed by atoms with Gasteiger partial charge in [0.15, 0.2) is 0 Å². The molecule has 0 spiro atoms. The van der Waals surface area contributed by atoms with Gasteiger partial charge in [-0.1, -0.05) is 54.6 Å². The number of ketones is 1. The maximum absolute atomic E-state index is 13.1. The number of Topliss-reactive ketones (excluding diaryl/α,β-unsaturated/α-hetero) is 1. The number of aliphatic carboxylic acids is 1. The molecule has 6 nitrogen and oxygen atoms in total. The molecule has 0 bridgehead atoms. The molecule has 2 aromatic carbocycles. The third-order valence-corrected chi connectivity index (χ3v) is 5.69. The second kappa shape index (κ2) is 9.67. The number of rotatable bonds is 8. The smallest absolute Gasteiger partial charge is 0.326 e. The van der Waals surface area contributed by atoms with Crippen molar-refractivity contribution >= 4 is 17.7 Å². The maximum atomic E-state index is 13.1. The lowest BCUT2D eigenvalue weighted by Gasteiger charge is -2.36. The molecule has 0 unspecified atom stereocenters. The minimum Gasteiger partial charge on any atom is -0.480 e. The fourth-order valence-corrected chi connectivity index (χ4v) is 3.96. The topological polar surface area (TPSA) is 86.7 Å². The number of fused-ring (bicyclic) bond motifs is 1. The maximum Gasteiger partial charge on any atom is 0.326 e. The largest absolute Gasteiger partial charge is 0.480 e. The van der Waals surface area contributed by atoms with E-state index >= 15 is 0 Å². The molecule has 0 fully saturated rings. The van der Waals surface area contributed by atoms with Gasteiger partial charge in [0.25, 0.3) is 0 Å². The average Bonchev–Trinajstić information content (AvgIpc) is 2.75. The molecule has 1 amide bonds. The molecule has 0 saturated carbocycles. The first-order chi connectivity index (χ1) is 14.4. The molecule has 0 aromatic heterocycles. The number of carbonyl (C=O) groups is 3. The monoisotopic (exact) mass is 408 g/mol. The summed E-state index contributed by atoms with van der Waals surface area (Å²) in [6.45, 7) is 3.46. The number of carboxylic acids is 1. The molecular weight excluding hydrogens is 380 g/mol. The Kier molecular flexibility index (Phi) is 7.00. The highest BCUT2D eigenvalue weighted by molar-refractivity contribution is 5.88. The lowest BCUT2D eigenvalue weighted by Crippen LogP contribution is -2.56. The van der Waals surface area contributed by atoms with Crippen LogP contribution in [0, 0.1) is 0 Å². The normalized spacial score (nSPS) is 17.7. The number of nitrogens with one attached hydrogen (secondary N) is 1. The summed E-state index contributed by atoms with van der Waals surface area (Å²) >= 11 is 0. The van der Waals surface area contributed by atoms with Gasteiger partial charge in [0.1, 0.15) is 11.8 Å². The van der Waals surface area contributed by atoms with E-state index in [0.717, 1.165) is 16.7 Å². The fraction of sp³-hybridized carbons (Fsp3) is 0.375. The van der Waals surface area contributed by atoms with Gasteiger partial charge in [-0.15, -0.1) is 0 Å². The molecule has 3 rings (SSSR count). The van der Waals surface area contributed by atoms with E-state index in [1.54, 1.807) is 6.92 Å². The van der Waals surface area contributed by atoms with Crippen LogP contribution in [0.3, 0.4) is 0 Å². The second-order valence-corrected chi connectivity index (χ2v) is 7.87. The average molecular weight is 408 g/mol. The molecular formula is C24H28N2O4. The minimum atomic E-state index is -1.02. The van der Waals surface area contributed by atoms with Gasteiger partial charge in [-0.25, -0.2) is 4.79 Å². The quantitative estimate of drug-likeness (QED) is 0.701. The van der Waals surface area contributed by atoms with Crippen molar-refractivity contribution in [3.8, 4) is 0 Å². The Morgan fingerprint density at radius 3 is 2.33 bits per heavy atom. The van der Waals surface area contributed by atoms with Gasteiger partial charge in [-0.05, 0) is 43.4 Å². The van der Waals surface area contributed by atoms with Crippen LogP contribution in [0.15, 0.2) is 54.6 Å². The summed E-state index contributed by atoms with van der Waals surface area (Å²) in [4.78, 5) is 38.5. The van der Waals surface area contributed by atoms with Crippen molar-refractivity contribution in [1.29, 1.82) is 0 Å². The predicted molar refractivity (Wildman–Crippen MR) is 114 cm³/mol. The Morgan fingerprint density at radius 1 is 1.07 bits per heavy atom. The van der Waals surface area contributed by atoms with Crippen molar-refractivity contribution in [2.45, 2.75) is 57.8 Å². The summed E-state index contributed by atoms with van der Waals surface area (Å²) in [7, 11) is 0. The van der Waals surface area contributed by atoms with Gasteiger partial charge >= 0.3 is 5.97 Å². The standard InChI is InChI=1S/C24H28N2O4/c1-16(25-21(17(2)27)13-12-18-8-4-3-5-9-18)23(28)26-15-20-11-7-6-10-19(20)14-22(26)24(29)30/h3-11,16,21-22,25H,12-15H2,1-2H3,(H,29,30)/t16-,21-,22-/m0/s1.